The second-order valence-corrected chi connectivity index (χ2v) is 7.29. The summed E-state index contributed by atoms with van der Waals surface area (Å²) in [7, 11) is 1.61. The van der Waals surface area contributed by atoms with E-state index >= 15 is 0 Å². The highest BCUT2D eigenvalue weighted by molar-refractivity contribution is 5.99. The lowest BCUT2D eigenvalue weighted by Gasteiger charge is -2.29. The molecule has 0 bridgehead atoms. The molecule has 0 saturated heterocycles. The predicted molar refractivity (Wildman–Crippen MR) is 110 cm³/mol. The number of hydrogen-bond acceptors (Lipinski definition) is 2. The van der Waals surface area contributed by atoms with E-state index in [2.05, 4.69) is 0 Å². The number of benzene rings is 3. The summed E-state index contributed by atoms with van der Waals surface area (Å²) in [6.45, 7) is 0.380. The molecule has 152 valence electrons. The quantitative estimate of drug-likeness (QED) is 0.616. The molecule has 6 heteroatoms. The first-order valence-electron chi connectivity index (χ1n) is 9.60. The van der Waals surface area contributed by atoms with Gasteiger partial charge in [0.2, 0.25) is 5.91 Å². The van der Waals surface area contributed by atoms with Crippen molar-refractivity contribution in [3.8, 4) is 0 Å². The maximum Gasteiger partial charge on any atom is 0.255 e. The van der Waals surface area contributed by atoms with Crippen LogP contribution in [-0.4, -0.2) is 23.8 Å². The number of fused-ring (bicyclic) bond motifs is 1. The molecule has 3 aromatic carbocycles. The standard InChI is InChI=1S/C24H20F2N2O2/c1-27(20-12-10-19(26)11-13-20)23(29)14-22(16-6-8-18(25)9-7-16)28-15-17-4-2-3-5-21(17)24(28)30/h2-13,22H,14-15H2,1H3. The van der Waals surface area contributed by atoms with E-state index in [-0.39, 0.29) is 29.9 Å². The van der Waals surface area contributed by atoms with Crippen molar-refractivity contribution in [2.75, 3.05) is 11.9 Å². The molecular formula is C24H20F2N2O2. The number of nitrogens with zero attached hydrogens (tertiary/aromatic N) is 2. The Labute approximate surface area is 173 Å². The molecule has 0 N–H and O–H groups in total. The molecule has 0 spiro atoms. The van der Waals surface area contributed by atoms with Crippen molar-refractivity contribution in [2.45, 2.75) is 19.0 Å². The number of carbonyl (C=O) groups excluding carboxylic acids is 2. The van der Waals surface area contributed by atoms with Gasteiger partial charge in [-0.25, -0.2) is 8.78 Å². The average molecular weight is 406 g/mol. The van der Waals surface area contributed by atoms with Crippen LogP contribution in [0.1, 0.15) is 33.9 Å². The Hall–Kier alpha value is -3.54. The van der Waals surface area contributed by atoms with E-state index in [1.807, 2.05) is 12.1 Å². The first kappa shape index (κ1) is 19.8. The van der Waals surface area contributed by atoms with Crippen LogP contribution in [0.25, 0.3) is 0 Å². The van der Waals surface area contributed by atoms with Gasteiger partial charge in [-0.2, -0.15) is 0 Å². The lowest BCUT2D eigenvalue weighted by molar-refractivity contribution is -0.119. The smallest absolute Gasteiger partial charge is 0.255 e. The first-order valence-corrected chi connectivity index (χ1v) is 9.60. The third-order valence-electron chi connectivity index (χ3n) is 5.44. The summed E-state index contributed by atoms with van der Waals surface area (Å²) < 4.78 is 26.7. The number of carbonyl (C=O) groups is 2. The zero-order valence-electron chi connectivity index (χ0n) is 16.4. The SMILES string of the molecule is CN(C(=O)CC(c1ccc(F)cc1)N1Cc2ccccc2C1=O)c1ccc(F)cc1. The predicted octanol–water partition coefficient (Wildman–Crippen LogP) is 4.72. The van der Waals surface area contributed by atoms with Crippen molar-refractivity contribution in [3.63, 3.8) is 0 Å². The molecule has 1 unspecified atom stereocenters. The second kappa shape index (κ2) is 8.06. The van der Waals surface area contributed by atoms with Crippen molar-refractivity contribution in [2.24, 2.45) is 0 Å². The van der Waals surface area contributed by atoms with Crippen LogP contribution < -0.4 is 4.90 Å². The van der Waals surface area contributed by atoms with Crippen LogP contribution in [0.15, 0.2) is 72.8 Å². The maximum absolute atomic E-state index is 13.5. The van der Waals surface area contributed by atoms with Gasteiger partial charge in [-0.3, -0.25) is 9.59 Å². The fraction of sp³-hybridized carbons (Fsp3) is 0.167. The highest BCUT2D eigenvalue weighted by Gasteiger charge is 2.35. The van der Waals surface area contributed by atoms with E-state index < -0.39 is 6.04 Å². The number of amides is 2. The van der Waals surface area contributed by atoms with Crippen molar-refractivity contribution < 1.29 is 18.4 Å². The minimum absolute atomic E-state index is 0.0131. The van der Waals surface area contributed by atoms with Gasteiger partial charge in [0.15, 0.2) is 0 Å². The molecule has 4 nitrogen and oxygen atoms in total. The summed E-state index contributed by atoms with van der Waals surface area (Å²) in [5.41, 5.74) is 2.74. The molecule has 3 aromatic rings. The highest BCUT2D eigenvalue weighted by Crippen LogP contribution is 2.34. The van der Waals surface area contributed by atoms with Crippen molar-refractivity contribution in [1.82, 2.24) is 4.90 Å². The molecule has 30 heavy (non-hydrogen) atoms. The Bertz CT molecular complexity index is 1080. The van der Waals surface area contributed by atoms with Gasteiger partial charge in [-0.1, -0.05) is 30.3 Å². The molecule has 1 aliphatic heterocycles. The summed E-state index contributed by atoms with van der Waals surface area (Å²) in [4.78, 5) is 29.1. The largest absolute Gasteiger partial charge is 0.327 e. The average Bonchev–Trinajstić information content (AvgIpc) is 3.09. The fourth-order valence-electron chi connectivity index (χ4n) is 3.73. The van der Waals surface area contributed by atoms with E-state index in [4.69, 9.17) is 0 Å². The van der Waals surface area contributed by atoms with Crippen LogP contribution in [0, 0.1) is 11.6 Å². The van der Waals surface area contributed by atoms with Crippen LogP contribution in [0.4, 0.5) is 14.5 Å². The van der Waals surface area contributed by atoms with E-state index in [0.717, 1.165) is 5.56 Å². The van der Waals surface area contributed by atoms with Gasteiger partial charge in [0.1, 0.15) is 11.6 Å². The third-order valence-corrected chi connectivity index (χ3v) is 5.44. The zero-order chi connectivity index (χ0) is 21.3. The summed E-state index contributed by atoms with van der Waals surface area (Å²) in [6, 6.07) is 18.3. The minimum Gasteiger partial charge on any atom is -0.327 e. The molecule has 2 amide bonds. The van der Waals surface area contributed by atoms with Crippen LogP contribution in [0.5, 0.6) is 0 Å². The topological polar surface area (TPSA) is 40.6 Å². The Morgan fingerprint density at radius 2 is 1.57 bits per heavy atom. The lowest BCUT2D eigenvalue weighted by Crippen LogP contribution is -2.35. The van der Waals surface area contributed by atoms with Gasteiger partial charge in [0.05, 0.1) is 12.5 Å². The van der Waals surface area contributed by atoms with Crippen molar-refractivity contribution in [3.05, 3.63) is 101 Å². The number of hydrogen-bond donors (Lipinski definition) is 0. The van der Waals surface area contributed by atoms with Gasteiger partial charge < -0.3 is 9.80 Å². The Morgan fingerprint density at radius 1 is 0.967 bits per heavy atom. The van der Waals surface area contributed by atoms with E-state index in [1.54, 1.807) is 36.2 Å². The van der Waals surface area contributed by atoms with E-state index in [0.29, 0.717) is 23.4 Å². The van der Waals surface area contributed by atoms with Crippen LogP contribution in [-0.2, 0) is 11.3 Å². The molecule has 0 fully saturated rings. The van der Waals surface area contributed by atoms with Crippen molar-refractivity contribution >= 4 is 17.5 Å². The highest BCUT2D eigenvalue weighted by atomic mass is 19.1. The van der Waals surface area contributed by atoms with Crippen LogP contribution in [0.3, 0.4) is 0 Å². The van der Waals surface area contributed by atoms with E-state index in [1.165, 1.54) is 41.3 Å². The number of anilines is 1. The van der Waals surface area contributed by atoms with Gasteiger partial charge in [0, 0.05) is 24.8 Å². The molecule has 0 aliphatic carbocycles. The molecule has 0 aromatic heterocycles. The summed E-state index contributed by atoms with van der Waals surface area (Å²) in [5.74, 6) is -1.16. The van der Waals surface area contributed by atoms with Crippen LogP contribution >= 0.6 is 0 Å². The normalized spacial score (nSPS) is 13.8. The van der Waals surface area contributed by atoms with Gasteiger partial charge in [-0.15, -0.1) is 0 Å². The zero-order valence-corrected chi connectivity index (χ0v) is 16.4. The fourth-order valence-corrected chi connectivity index (χ4v) is 3.73. The molecular weight excluding hydrogens is 386 g/mol. The van der Waals surface area contributed by atoms with Gasteiger partial charge >= 0.3 is 0 Å². The van der Waals surface area contributed by atoms with Gasteiger partial charge in [0.25, 0.3) is 5.91 Å². The Balaban J connectivity index is 1.63. The monoisotopic (exact) mass is 406 g/mol. The van der Waals surface area contributed by atoms with Gasteiger partial charge in [-0.05, 0) is 53.6 Å². The molecule has 1 aliphatic rings. The number of halogens is 2. The lowest BCUT2D eigenvalue weighted by atomic mass is 10.0. The maximum atomic E-state index is 13.5. The Kier molecular flexibility index (Phi) is 5.31. The molecule has 4 rings (SSSR count). The second-order valence-electron chi connectivity index (χ2n) is 7.29. The third kappa shape index (κ3) is 3.81. The summed E-state index contributed by atoms with van der Waals surface area (Å²) >= 11 is 0. The summed E-state index contributed by atoms with van der Waals surface area (Å²) in [5, 5.41) is 0. The molecule has 0 saturated carbocycles. The van der Waals surface area contributed by atoms with Crippen molar-refractivity contribution in [1.29, 1.82) is 0 Å². The Morgan fingerprint density at radius 3 is 2.20 bits per heavy atom. The molecule has 1 heterocycles. The molecule has 1 atom stereocenters. The van der Waals surface area contributed by atoms with E-state index in [9.17, 15) is 18.4 Å². The van der Waals surface area contributed by atoms with Crippen LogP contribution in [0.2, 0.25) is 0 Å². The summed E-state index contributed by atoms with van der Waals surface area (Å²) in [6.07, 6.45) is 0.0131. The number of rotatable bonds is 5. The molecule has 0 radical (unpaired) electrons. The minimum atomic E-state index is -0.555. The first-order chi connectivity index (χ1) is 14.4.